The summed E-state index contributed by atoms with van der Waals surface area (Å²) in [6.07, 6.45) is 9.91. The predicted molar refractivity (Wildman–Crippen MR) is 121 cm³/mol. The second-order valence-corrected chi connectivity index (χ2v) is 23.8. The standard InChI is InChI=1S/C24H30Si2/c1-5-26(6-2,24-18-16-20-12-8-10-14-22(20)24)25(3,4)23-17-15-19-11-7-9-13-21(19)23/h7-18,23-24H,5-6H2,1-4H3. The van der Waals surface area contributed by atoms with Gasteiger partial charge in [-0.3, -0.25) is 0 Å². The molecule has 2 heteroatoms. The van der Waals surface area contributed by atoms with Crippen LogP contribution < -0.4 is 0 Å². The van der Waals surface area contributed by atoms with Gasteiger partial charge in [-0.2, -0.15) is 0 Å². The summed E-state index contributed by atoms with van der Waals surface area (Å²) in [5.41, 5.74) is 7.49. The molecule has 0 fully saturated rings. The zero-order valence-electron chi connectivity index (χ0n) is 16.5. The summed E-state index contributed by atoms with van der Waals surface area (Å²) >= 11 is 0. The van der Waals surface area contributed by atoms with E-state index in [1.54, 1.807) is 11.1 Å². The fourth-order valence-corrected chi connectivity index (χ4v) is 24.7. The Morgan fingerprint density at radius 2 is 1.15 bits per heavy atom. The number of hydrogen-bond acceptors (Lipinski definition) is 0. The number of rotatable bonds is 5. The molecule has 0 nitrogen and oxygen atoms in total. The number of allylic oxidation sites excluding steroid dienone is 2. The Hall–Kier alpha value is -1.65. The highest BCUT2D eigenvalue weighted by Gasteiger charge is 2.55. The second kappa shape index (κ2) is 6.51. The summed E-state index contributed by atoms with van der Waals surface area (Å²) < 4.78 is 0. The first-order chi connectivity index (χ1) is 12.5. The van der Waals surface area contributed by atoms with E-state index in [1.807, 2.05) is 0 Å². The Labute approximate surface area is 160 Å². The fourth-order valence-electron chi connectivity index (χ4n) is 5.92. The molecule has 134 valence electrons. The second-order valence-electron chi connectivity index (χ2n) is 8.52. The van der Waals surface area contributed by atoms with Crippen LogP contribution in [0.4, 0.5) is 0 Å². The van der Waals surface area contributed by atoms with Crippen LogP contribution in [0, 0.1) is 0 Å². The minimum atomic E-state index is -1.53. The van der Waals surface area contributed by atoms with E-state index in [2.05, 4.69) is 99.8 Å². The van der Waals surface area contributed by atoms with Crippen LogP contribution in [-0.2, 0) is 0 Å². The highest BCUT2D eigenvalue weighted by molar-refractivity contribution is 7.42. The van der Waals surface area contributed by atoms with Gasteiger partial charge in [0.15, 0.2) is 0 Å². The molecule has 0 bridgehead atoms. The van der Waals surface area contributed by atoms with Crippen molar-refractivity contribution in [1.29, 1.82) is 0 Å². The van der Waals surface area contributed by atoms with Crippen LogP contribution in [0.2, 0.25) is 25.2 Å². The molecule has 0 heterocycles. The van der Waals surface area contributed by atoms with Gasteiger partial charge in [0.2, 0.25) is 0 Å². The van der Waals surface area contributed by atoms with Crippen LogP contribution in [0.3, 0.4) is 0 Å². The van der Waals surface area contributed by atoms with Crippen LogP contribution in [0.15, 0.2) is 60.7 Å². The van der Waals surface area contributed by atoms with Crippen LogP contribution in [0.25, 0.3) is 12.2 Å². The maximum atomic E-state index is 2.71. The highest BCUT2D eigenvalue weighted by atomic mass is 29.3. The van der Waals surface area contributed by atoms with E-state index < -0.39 is 15.2 Å². The van der Waals surface area contributed by atoms with Crippen molar-refractivity contribution >= 4 is 27.3 Å². The van der Waals surface area contributed by atoms with E-state index in [9.17, 15) is 0 Å². The molecule has 0 radical (unpaired) electrons. The summed E-state index contributed by atoms with van der Waals surface area (Å²) in [7, 11) is -3.06. The lowest BCUT2D eigenvalue weighted by molar-refractivity contribution is 1.07. The van der Waals surface area contributed by atoms with Crippen LogP contribution in [-0.4, -0.2) is 15.2 Å². The minimum absolute atomic E-state index is 0.673. The lowest BCUT2D eigenvalue weighted by atomic mass is 10.1. The van der Waals surface area contributed by atoms with Crippen molar-refractivity contribution in [2.24, 2.45) is 0 Å². The molecule has 26 heavy (non-hydrogen) atoms. The SMILES string of the molecule is CC[Si](CC)(C1C=Cc2ccccc21)[Si](C)(C)C1C=Cc2ccccc21. The van der Waals surface area contributed by atoms with Crippen LogP contribution in [0.5, 0.6) is 0 Å². The van der Waals surface area contributed by atoms with Gasteiger partial charge in [0, 0.05) is 0 Å². The summed E-state index contributed by atoms with van der Waals surface area (Å²) in [6, 6.07) is 21.0. The van der Waals surface area contributed by atoms with Crippen molar-refractivity contribution < 1.29 is 0 Å². The molecule has 2 aliphatic rings. The fraction of sp³-hybridized carbons (Fsp3) is 0.333. The van der Waals surface area contributed by atoms with E-state index in [-0.39, 0.29) is 0 Å². The lowest BCUT2D eigenvalue weighted by Gasteiger charge is -2.50. The molecule has 2 unspecified atom stereocenters. The minimum Gasteiger partial charge on any atom is -0.0794 e. The monoisotopic (exact) mass is 374 g/mol. The highest BCUT2D eigenvalue weighted by Crippen LogP contribution is 2.50. The van der Waals surface area contributed by atoms with E-state index in [0.717, 1.165) is 0 Å². The summed E-state index contributed by atoms with van der Waals surface area (Å²) in [6.45, 7) is 10.4. The molecule has 2 aliphatic carbocycles. The molecule has 0 N–H and O–H groups in total. The average molecular weight is 375 g/mol. The molecule has 2 aromatic carbocycles. The molecule has 0 aliphatic heterocycles. The van der Waals surface area contributed by atoms with Crippen LogP contribution >= 0.6 is 0 Å². The first kappa shape index (κ1) is 17.8. The Bertz CT molecular complexity index is 871. The quantitative estimate of drug-likeness (QED) is 0.496. The number of hydrogen-bond donors (Lipinski definition) is 0. The summed E-state index contributed by atoms with van der Waals surface area (Å²) in [5.74, 6) is 0. The van der Waals surface area contributed by atoms with E-state index in [0.29, 0.717) is 11.1 Å². The van der Waals surface area contributed by atoms with Gasteiger partial charge in [0.1, 0.15) is 0 Å². The molecule has 2 atom stereocenters. The van der Waals surface area contributed by atoms with Gasteiger partial charge >= 0.3 is 0 Å². The Morgan fingerprint density at radius 1 is 0.692 bits per heavy atom. The van der Waals surface area contributed by atoms with Gasteiger partial charge in [-0.15, -0.1) is 0 Å². The van der Waals surface area contributed by atoms with Gasteiger partial charge in [-0.05, 0) is 33.3 Å². The lowest BCUT2D eigenvalue weighted by Crippen LogP contribution is -2.64. The molecule has 0 aromatic heterocycles. The van der Waals surface area contributed by atoms with Crippen molar-refractivity contribution in [2.75, 3.05) is 0 Å². The number of fused-ring (bicyclic) bond motifs is 2. The molecule has 0 spiro atoms. The molecule has 0 saturated carbocycles. The third-order valence-corrected chi connectivity index (χ3v) is 28.0. The van der Waals surface area contributed by atoms with Crippen molar-refractivity contribution in [3.63, 3.8) is 0 Å². The molecule has 2 aromatic rings. The number of benzene rings is 2. The van der Waals surface area contributed by atoms with Gasteiger partial charge in [-0.25, -0.2) is 0 Å². The maximum Gasteiger partial charge on any atom is 0.0602 e. The average Bonchev–Trinajstić information content (AvgIpc) is 3.28. The molecular formula is C24H30Si2. The molecule has 4 rings (SSSR count). The summed E-state index contributed by atoms with van der Waals surface area (Å²) in [4.78, 5) is 0. The topological polar surface area (TPSA) is 0 Å². The molecule has 0 saturated heterocycles. The Morgan fingerprint density at radius 3 is 1.69 bits per heavy atom. The van der Waals surface area contributed by atoms with Gasteiger partial charge in [-0.1, -0.05) is 112 Å². The zero-order valence-corrected chi connectivity index (χ0v) is 18.5. The largest absolute Gasteiger partial charge is 0.0794 e. The normalized spacial score (nSPS) is 21.1. The first-order valence-electron chi connectivity index (χ1n) is 10.1. The van der Waals surface area contributed by atoms with Gasteiger partial charge in [0.05, 0.1) is 15.2 Å². The predicted octanol–water partition coefficient (Wildman–Crippen LogP) is 6.96. The molecule has 0 amide bonds. The third-order valence-electron chi connectivity index (χ3n) is 7.52. The first-order valence-corrected chi connectivity index (χ1v) is 16.7. The third kappa shape index (κ3) is 2.39. The Balaban J connectivity index is 1.82. The summed E-state index contributed by atoms with van der Waals surface area (Å²) in [5, 5.41) is 0. The van der Waals surface area contributed by atoms with Crippen LogP contribution in [0.1, 0.15) is 47.2 Å². The van der Waals surface area contributed by atoms with Gasteiger partial charge < -0.3 is 0 Å². The maximum absolute atomic E-state index is 2.71. The van der Waals surface area contributed by atoms with E-state index in [4.69, 9.17) is 0 Å². The van der Waals surface area contributed by atoms with Crippen molar-refractivity contribution in [3.8, 4) is 0 Å². The van der Waals surface area contributed by atoms with E-state index >= 15 is 0 Å². The smallest absolute Gasteiger partial charge is 0.0602 e. The van der Waals surface area contributed by atoms with Crippen molar-refractivity contribution in [3.05, 3.63) is 82.9 Å². The van der Waals surface area contributed by atoms with Gasteiger partial charge in [0.25, 0.3) is 0 Å². The molecular weight excluding hydrogens is 344 g/mol. The van der Waals surface area contributed by atoms with Crippen molar-refractivity contribution in [1.82, 2.24) is 0 Å². The van der Waals surface area contributed by atoms with Crippen molar-refractivity contribution in [2.45, 2.75) is 50.1 Å². The zero-order chi connectivity index (χ0) is 18.4. The van der Waals surface area contributed by atoms with E-state index in [1.165, 1.54) is 23.2 Å². The Kier molecular flexibility index (Phi) is 4.44.